The highest BCUT2D eigenvalue weighted by Crippen LogP contribution is 2.49. The Kier molecular flexibility index (Phi) is 10.7. The van der Waals surface area contributed by atoms with E-state index in [9.17, 15) is 18.9 Å². The van der Waals surface area contributed by atoms with Crippen LogP contribution in [0.4, 0.5) is 0 Å². The highest BCUT2D eigenvalue weighted by molar-refractivity contribution is 7.51. The van der Waals surface area contributed by atoms with Gasteiger partial charge in [-0.25, -0.2) is 14.4 Å². The van der Waals surface area contributed by atoms with Crippen molar-refractivity contribution in [2.45, 2.75) is 96.2 Å². The minimum absolute atomic E-state index is 0.0853. The molecule has 1 aromatic rings. The number of H-pyrrole nitrogens is 1. The molecule has 1 aromatic heterocycles. The maximum Gasteiger partial charge on any atom is 0.406 e. The summed E-state index contributed by atoms with van der Waals surface area (Å²) in [6.07, 6.45) is 4.13. The Labute approximate surface area is 220 Å². The summed E-state index contributed by atoms with van der Waals surface area (Å²) in [5, 5.41) is 6.55. The lowest BCUT2D eigenvalue weighted by atomic mass is 9.98. The second-order valence-corrected chi connectivity index (χ2v) is 11.8. The van der Waals surface area contributed by atoms with Gasteiger partial charge in [0.05, 0.1) is 32.0 Å². The van der Waals surface area contributed by atoms with E-state index in [0.717, 1.165) is 19.3 Å². The predicted octanol–water partition coefficient (Wildman–Crippen LogP) is 3.46. The van der Waals surface area contributed by atoms with Crippen LogP contribution in [0.3, 0.4) is 0 Å². The number of nitrogens with one attached hydrogen (secondary N) is 2. The van der Waals surface area contributed by atoms with Crippen molar-refractivity contribution in [3.8, 4) is 0 Å². The lowest BCUT2D eigenvalue weighted by Gasteiger charge is -2.30. The number of esters is 1. The van der Waals surface area contributed by atoms with Crippen LogP contribution in [-0.2, 0) is 27.9 Å². The van der Waals surface area contributed by atoms with Crippen molar-refractivity contribution in [2.24, 2.45) is 11.0 Å². The van der Waals surface area contributed by atoms with Crippen LogP contribution in [0.5, 0.6) is 0 Å². The van der Waals surface area contributed by atoms with Crippen molar-refractivity contribution in [1.29, 1.82) is 0 Å². The Morgan fingerprint density at radius 2 is 2.05 bits per heavy atom. The molecule has 1 saturated carbocycles. The molecule has 0 spiro atoms. The van der Waals surface area contributed by atoms with Crippen molar-refractivity contribution in [2.75, 3.05) is 13.7 Å². The lowest BCUT2D eigenvalue weighted by Crippen LogP contribution is -2.39. The fourth-order valence-corrected chi connectivity index (χ4v) is 6.40. The molecule has 2 aliphatic rings. The van der Waals surface area contributed by atoms with Crippen molar-refractivity contribution >= 4 is 13.7 Å². The number of hydrogen-bond donors (Lipinski definition) is 2. The van der Waals surface area contributed by atoms with E-state index in [-0.39, 0.29) is 25.0 Å². The van der Waals surface area contributed by atoms with Gasteiger partial charge in [-0.1, -0.05) is 38.2 Å². The molecule has 1 aliphatic carbocycles. The topological polar surface area (TPSA) is 187 Å². The highest BCUT2D eigenvalue weighted by Gasteiger charge is 2.41. The van der Waals surface area contributed by atoms with E-state index < -0.39 is 49.4 Å². The largest absolute Gasteiger partial charge is 0.468 e. The number of aryl methyl sites for hydroxylation is 1. The number of hydrogen-bond acceptors (Lipinski definition) is 9. The van der Waals surface area contributed by atoms with E-state index in [1.807, 2.05) is 13.8 Å². The van der Waals surface area contributed by atoms with Crippen LogP contribution in [0.1, 0.15) is 70.6 Å². The number of aromatic amines is 1. The molecule has 0 bridgehead atoms. The van der Waals surface area contributed by atoms with Gasteiger partial charge in [0.2, 0.25) is 0 Å². The smallest absolute Gasteiger partial charge is 0.406 e. The normalized spacial score (nSPS) is 24.5. The zero-order valence-electron chi connectivity index (χ0n) is 22.2. The van der Waals surface area contributed by atoms with Gasteiger partial charge >= 0.3 is 19.4 Å². The zero-order chi connectivity index (χ0) is 27.9. The minimum atomic E-state index is -4.06. The number of rotatable bonds is 12. The molecule has 3 rings (SSSR count). The monoisotopic (exact) mass is 556 g/mol. The Morgan fingerprint density at radius 3 is 2.68 bits per heavy atom. The van der Waals surface area contributed by atoms with Crippen LogP contribution in [0.15, 0.2) is 20.9 Å². The molecule has 2 heterocycles. The van der Waals surface area contributed by atoms with Crippen molar-refractivity contribution in [3.63, 3.8) is 0 Å². The van der Waals surface area contributed by atoms with E-state index in [1.54, 1.807) is 6.92 Å². The standard InChI is InChI=1S/C23H37N6O8P/c1-14(2)10-18(22(31)34-4)27-38(33,37-16-8-6-5-7-9-16)35-13-19-17(26-28-24)11-20(36-19)29-12-15(3)21(30)25-23(29)32/h12,14,16-20H,5-11,13H2,1-4H3,(H,27,33)(H,25,30,32)/t17-,18-,19+,20+,38?/m0/s1. The maximum atomic E-state index is 14.0. The summed E-state index contributed by atoms with van der Waals surface area (Å²) >= 11 is 0. The summed E-state index contributed by atoms with van der Waals surface area (Å²) in [6.45, 7) is 5.09. The van der Waals surface area contributed by atoms with Gasteiger partial charge in [0.1, 0.15) is 12.3 Å². The molecule has 2 fully saturated rings. The van der Waals surface area contributed by atoms with Gasteiger partial charge in [0.15, 0.2) is 0 Å². The number of methoxy groups -OCH3 is 1. The summed E-state index contributed by atoms with van der Waals surface area (Å²) in [5.74, 6) is -0.506. The van der Waals surface area contributed by atoms with Gasteiger partial charge in [0, 0.05) is 23.1 Å². The molecular weight excluding hydrogens is 519 g/mol. The fourth-order valence-electron chi connectivity index (χ4n) is 4.67. The van der Waals surface area contributed by atoms with E-state index in [1.165, 1.54) is 17.9 Å². The minimum Gasteiger partial charge on any atom is -0.468 e. The number of ether oxygens (including phenoxy) is 2. The second-order valence-electron chi connectivity index (χ2n) is 10.1. The third-order valence-electron chi connectivity index (χ3n) is 6.62. The van der Waals surface area contributed by atoms with Crippen LogP contribution in [-0.4, -0.2) is 53.5 Å². The molecule has 2 N–H and O–H groups in total. The third-order valence-corrected chi connectivity index (χ3v) is 8.31. The number of carbonyl (C=O) groups excluding carboxylic acids is 1. The SMILES string of the molecule is COC(=O)[C@H](CC(C)C)NP(=O)(OC[C@H]1O[C@@H](n2cc(C)c(=O)[nH]c2=O)C[C@@H]1N=[N+]=[N-])OC1CCCCC1. The average Bonchev–Trinajstić information content (AvgIpc) is 3.27. The first-order valence-electron chi connectivity index (χ1n) is 12.9. The van der Waals surface area contributed by atoms with Crippen LogP contribution < -0.4 is 16.3 Å². The van der Waals surface area contributed by atoms with Gasteiger partial charge in [-0.3, -0.25) is 28.2 Å². The predicted molar refractivity (Wildman–Crippen MR) is 137 cm³/mol. The first kappa shape index (κ1) is 30.1. The third kappa shape index (κ3) is 8.02. The van der Waals surface area contributed by atoms with Gasteiger partial charge in [-0.15, -0.1) is 0 Å². The van der Waals surface area contributed by atoms with Gasteiger partial charge in [-0.05, 0) is 37.6 Å². The molecule has 38 heavy (non-hydrogen) atoms. The fraction of sp³-hybridized carbons (Fsp3) is 0.783. The molecule has 0 aromatic carbocycles. The quantitative estimate of drug-likeness (QED) is 0.128. The zero-order valence-corrected chi connectivity index (χ0v) is 23.1. The van der Waals surface area contributed by atoms with E-state index in [0.29, 0.717) is 24.8 Å². The summed E-state index contributed by atoms with van der Waals surface area (Å²) in [4.78, 5) is 41.7. The summed E-state index contributed by atoms with van der Waals surface area (Å²) in [6, 6.07) is -1.68. The van der Waals surface area contributed by atoms with Crippen LogP contribution in [0.25, 0.3) is 10.4 Å². The van der Waals surface area contributed by atoms with Crippen LogP contribution in [0.2, 0.25) is 0 Å². The first-order valence-corrected chi connectivity index (χ1v) is 14.4. The summed E-state index contributed by atoms with van der Waals surface area (Å²) in [5.41, 5.74) is 8.20. The molecule has 14 nitrogen and oxygen atoms in total. The molecular formula is C23H37N6O8P. The van der Waals surface area contributed by atoms with Crippen molar-refractivity contribution in [1.82, 2.24) is 14.6 Å². The molecule has 0 radical (unpaired) electrons. The maximum absolute atomic E-state index is 14.0. The van der Waals surface area contributed by atoms with Gasteiger partial charge in [0.25, 0.3) is 5.56 Å². The molecule has 5 atom stereocenters. The van der Waals surface area contributed by atoms with Crippen molar-refractivity contribution in [3.05, 3.63) is 43.0 Å². The van der Waals surface area contributed by atoms with Crippen molar-refractivity contribution < 1.29 is 27.9 Å². The van der Waals surface area contributed by atoms with E-state index in [4.69, 9.17) is 24.1 Å². The first-order chi connectivity index (χ1) is 18.0. The lowest BCUT2D eigenvalue weighted by molar-refractivity contribution is -0.143. The average molecular weight is 557 g/mol. The Morgan fingerprint density at radius 1 is 1.34 bits per heavy atom. The Balaban J connectivity index is 1.81. The molecule has 0 amide bonds. The van der Waals surface area contributed by atoms with E-state index in [2.05, 4.69) is 20.1 Å². The molecule has 1 saturated heterocycles. The molecule has 212 valence electrons. The number of nitrogens with zero attached hydrogens (tertiary/aromatic N) is 4. The molecule has 1 aliphatic heterocycles. The van der Waals surface area contributed by atoms with Gasteiger partial charge < -0.3 is 9.47 Å². The van der Waals surface area contributed by atoms with Crippen LogP contribution in [0, 0.1) is 12.8 Å². The van der Waals surface area contributed by atoms with Crippen LogP contribution >= 0.6 is 7.75 Å². The molecule has 1 unspecified atom stereocenters. The summed E-state index contributed by atoms with van der Waals surface area (Å²) < 4.78 is 37.8. The Hall–Kier alpha value is -2.47. The van der Waals surface area contributed by atoms with Gasteiger partial charge in [-0.2, -0.15) is 0 Å². The number of aromatic nitrogens is 2. The van der Waals surface area contributed by atoms with E-state index >= 15 is 0 Å². The molecule has 15 heteroatoms. The highest BCUT2D eigenvalue weighted by atomic mass is 31.2. The summed E-state index contributed by atoms with van der Waals surface area (Å²) in [7, 11) is -2.81. The second kappa shape index (κ2) is 13.5. The number of azide groups is 1. The Bertz CT molecular complexity index is 1170. The number of carbonyl (C=O) groups is 1.